The molecule has 11 heteroatoms. The zero-order valence-electron chi connectivity index (χ0n) is 20.5. The second-order valence-electron chi connectivity index (χ2n) is 7.62. The molecule has 4 aromatic rings. The summed E-state index contributed by atoms with van der Waals surface area (Å²) in [6.45, 7) is 3.90. The first-order valence-electron chi connectivity index (χ1n) is 10.9. The predicted octanol–water partition coefficient (Wildman–Crippen LogP) is 4.74. The highest BCUT2D eigenvalue weighted by Crippen LogP contribution is 2.40. The maximum Gasteiger partial charge on any atom is 0.323 e. The number of carbonyl (C=O) groups is 1. The summed E-state index contributed by atoms with van der Waals surface area (Å²) in [6.07, 6.45) is 3.14. The van der Waals surface area contributed by atoms with E-state index in [9.17, 15) is 4.79 Å². The van der Waals surface area contributed by atoms with Gasteiger partial charge in [-0.05, 0) is 38.1 Å². The summed E-state index contributed by atoms with van der Waals surface area (Å²) in [5, 5.41) is 5.52. The van der Waals surface area contributed by atoms with Crippen molar-refractivity contribution in [1.29, 1.82) is 0 Å². The van der Waals surface area contributed by atoms with Crippen LogP contribution in [0.15, 0.2) is 55.1 Å². The molecule has 4 rings (SSSR count). The first kappa shape index (κ1) is 24.3. The van der Waals surface area contributed by atoms with Gasteiger partial charge in [0.1, 0.15) is 24.2 Å². The molecule has 2 aromatic carbocycles. The molecule has 0 radical (unpaired) electrons. The van der Waals surface area contributed by atoms with Gasteiger partial charge < -0.3 is 29.6 Å². The van der Waals surface area contributed by atoms with Crippen LogP contribution in [0, 0.1) is 13.8 Å². The Kier molecular flexibility index (Phi) is 7.19. The van der Waals surface area contributed by atoms with Gasteiger partial charge in [0.25, 0.3) is 0 Å². The van der Waals surface area contributed by atoms with Crippen molar-refractivity contribution in [3.8, 4) is 34.7 Å². The van der Waals surface area contributed by atoms with Gasteiger partial charge in [0.05, 0.1) is 32.7 Å². The maximum absolute atomic E-state index is 12.5. The fourth-order valence-electron chi connectivity index (χ4n) is 3.42. The van der Waals surface area contributed by atoms with Crippen LogP contribution in [0.4, 0.5) is 16.2 Å². The molecule has 11 nitrogen and oxygen atoms in total. The van der Waals surface area contributed by atoms with E-state index in [-0.39, 0.29) is 0 Å². The molecule has 36 heavy (non-hydrogen) atoms. The van der Waals surface area contributed by atoms with Gasteiger partial charge in [0.2, 0.25) is 11.6 Å². The zero-order chi connectivity index (χ0) is 25.7. The summed E-state index contributed by atoms with van der Waals surface area (Å²) in [5.41, 5.74) is 2.96. The van der Waals surface area contributed by atoms with E-state index in [2.05, 4.69) is 25.6 Å². The van der Waals surface area contributed by atoms with Gasteiger partial charge in [0.15, 0.2) is 11.5 Å². The summed E-state index contributed by atoms with van der Waals surface area (Å²) in [7, 11) is 4.53. The minimum atomic E-state index is -0.440. The smallest absolute Gasteiger partial charge is 0.323 e. The number of nitrogens with zero attached hydrogens (tertiary/aromatic N) is 4. The Morgan fingerprint density at radius 1 is 0.833 bits per heavy atom. The van der Waals surface area contributed by atoms with Gasteiger partial charge in [-0.25, -0.2) is 19.7 Å². The molecule has 0 saturated carbocycles. The second-order valence-corrected chi connectivity index (χ2v) is 7.62. The maximum atomic E-state index is 12.5. The van der Waals surface area contributed by atoms with Crippen LogP contribution in [-0.4, -0.2) is 46.9 Å². The highest BCUT2D eigenvalue weighted by Gasteiger charge is 2.15. The van der Waals surface area contributed by atoms with Gasteiger partial charge in [0, 0.05) is 29.6 Å². The monoisotopic (exact) mass is 490 g/mol. The lowest BCUT2D eigenvalue weighted by molar-refractivity contribution is 0.262. The van der Waals surface area contributed by atoms with Crippen molar-refractivity contribution in [3.05, 3.63) is 66.5 Å². The van der Waals surface area contributed by atoms with Crippen LogP contribution >= 0.6 is 0 Å². The van der Waals surface area contributed by atoms with Gasteiger partial charge >= 0.3 is 6.03 Å². The van der Waals surface area contributed by atoms with Crippen molar-refractivity contribution in [2.24, 2.45) is 0 Å². The summed E-state index contributed by atoms with van der Waals surface area (Å²) in [4.78, 5) is 25.3. The molecule has 186 valence electrons. The molecule has 0 spiro atoms. The number of hydrogen-bond acceptors (Lipinski definition) is 8. The number of aromatic nitrogens is 4. The third kappa shape index (κ3) is 5.30. The molecule has 0 aliphatic carbocycles. The minimum Gasteiger partial charge on any atom is -0.493 e. The van der Waals surface area contributed by atoms with E-state index in [4.69, 9.17) is 18.9 Å². The predicted molar refractivity (Wildman–Crippen MR) is 134 cm³/mol. The molecule has 0 aliphatic rings. The van der Waals surface area contributed by atoms with E-state index in [0.717, 1.165) is 11.4 Å². The number of anilines is 2. The number of aryl methyl sites for hydroxylation is 1. The highest BCUT2D eigenvalue weighted by atomic mass is 16.5. The van der Waals surface area contributed by atoms with Crippen LogP contribution in [0.1, 0.15) is 11.4 Å². The van der Waals surface area contributed by atoms with Crippen LogP contribution in [0.25, 0.3) is 5.82 Å². The normalized spacial score (nSPS) is 10.5. The Morgan fingerprint density at radius 3 is 2.08 bits per heavy atom. The Bertz CT molecular complexity index is 1340. The Labute approximate surface area is 208 Å². The molecular weight excluding hydrogens is 464 g/mol. The lowest BCUT2D eigenvalue weighted by Crippen LogP contribution is -2.19. The number of ether oxygens (including phenoxy) is 4. The Hall–Kier alpha value is -4.80. The van der Waals surface area contributed by atoms with Crippen molar-refractivity contribution < 1.29 is 23.7 Å². The number of carbonyl (C=O) groups excluding carboxylic acids is 1. The van der Waals surface area contributed by atoms with Crippen LogP contribution in [-0.2, 0) is 0 Å². The van der Waals surface area contributed by atoms with E-state index in [1.165, 1.54) is 27.7 Å². The van der Waals surface area contributed by atoms with E-state index >= 15 is 0 Å². The van der Waals surface area contributed by atoms with Gasteiger partial charge in [-0.1, -0.05) is 0 Å². The van der Waals surface area contributed by atoms with Crippen molar-refractivity contribution >= 4 is 17.4 Å². The van der Waals surface area contributed by atoms with Crippen LogP contribution in [0.3, 0.4) is 0 Å². The van der Waals surface area contributed by atoms with Crippen molar-refractivity contribution in [1.82, 2.24) is 19.5 Å². The molecule has 2 N–H and O–H groups in total. The Balaban J connectivity index is 1.41. The quantitative estimate of drug-likeness (QED) is 0.363. The van der Waals surface area contributed by atoms with E-state index in [1.54, 1.807) is 48.8 Å². The summed E-state index contributed by atoms with van der Waals surface area (Å²) >= 11 is 0. The highest BCUT2D eigenvalue weighted by molar-refractivity contribution is 6.00. The fraction of sp³-hybridized carbons (Fsp3) is 0.200. The molecule has 2 heterocycles. The molecule has 0 unspecified atom stereocenters. The molecule has 0 aliphatic heterocycles. The van der Waals surface area contributed by atoms with Crippen molar-refractivity contribution in [2.45, 2.75) is 13.8 Å². The third-order valence-corrected chi connectivity index (χ3v) is 5.38. The van der Waals surface area contributed by atoms with Crippen LogP contribution in [0.5, 0.6) is 28.9 Å². The third-order valence-electron chi connectivity index (χ3n) is 5.38. The number of hydrogen-bond donors (Lipinski definition) is 2. The fourth-order valence-corrected chi connectivity index (χ4v) is 3.42. The average Bonchev–Trinajstić information content (AvgIpc) is 3.22. The van der Waals surface area contributed by atoms with Gasteiger partial charge in [-0.15, -0.1) is 0 Å². The molecule has 0 bridgehead atoms. The number of methoxy groups -OCH3 is 3. The minimum absolute atomic E-state index is 0.381. The summed E-state index contributed by atoms with van der Waals surface area (Å²) < 4.78 is 23.7. The number of rotatable bonds is 8. The summed E-state index contributed by atoms with van der Waals surface area (Å²) in [6, 6.07) is 11.5. The topological polar surface area (TPSA) is 122 Å². The van der Waals surface area contributed by atoms with Crippen molar-refractivity contribution in [2.75, 3.05) is 32.0 Å². The second kappa shape index (κ2) is 10.6. The number of urea groups is 1. The first-order valence-corrected chi connectivity index (χ1v) is 10.9. The van der Waals surface area contributed by atoms with Crippen LogP contribution in [0.2, 0.25) is 0 Å². The van der Waals surface area contributed by atoms with Crippen LogP contribution < -0.4 is 29.6 Å². The lowest BCUT2D eigenvalue weighted by Gasteiger charge is -2.15. The largest absolute Gasteiger partial charge is 0.493 e. The molecular formula is C25H26N6O5. The standard InChI is InChI=1S/C25H26N6O5/c1-15-16(2)31(14-28-15)22-12-23(27-13-26-22)36-19-8-6-17(7-9-19)29-25(32)30-18-10-20(33-3)24(35-5)21(11-18)34-4/h6-14H,1-5H3,(H2,29,30,32). The molecule has 0 saturated heterocycles. The van der Waals surface area contributed by atoms with Crippen molar-refractivity contribution in [3.63, 3.8) is 0 Å². The summed E-state index contributed by atoms with van der Waals surface area (Å²) in [5.74, 6) is 2.88. The number of benzene rings is 2. The van der Waals surface area contributed by atoms with Gasteiger partial charge in [-0.3, -0.25) is 4.57 Å². The SMILES string of the molecule is COc1cc(NC(=O)Nc2ccc(Oc3cc(-n4cnc(C)c4C)ncn3)cc2)cc(OC)c1OC. The molecule has 0 atom stereocenters. The van der Waals surface area contributed by atoms with E-state index in [0.29, 0.717) is 46.1 Å². The number of amides is 2. The van der Waals surface area contributed by atoms with Gasteiger partial charge in [-0.2, -0.15) is 0 Å². The van der Waals surface area contributed by atoms with E-state index < -0.39 is 6.03 Å². The number of imidazole rings is 1. The molecule has 2 amide bonds. The lowest BCUT2D eigenvalue weighted by atomic mass is 10.2. The first-order chi connectivity index (χ1) is 17.4. The molecule has 0 fully saturated rings. The zero-order valence-corrected chi connectivity index (χ0v) is 20.5. The average molecular weight is 491 g/mol. The Morgan fingerprint density at radius 2 is 1.50 bits per heavy atom. The molecule has 2 aromatic heterocycles. The van der Waals surface area contributed by atoms with E-state index in [1.807, 2.05) is 18.4 Å². The number of nitrogens with one attached hydrogen (secondary N) is 2.